The lowest BCUT2D eigenvalue weighted by atomic mass is 9.86. The van der Waals surface area contributed by atoms with Gasteiger partial charge in [-0.2, -0.15) is 0 Å². The number of hydrogen-bond donors (Lipinski definition) is 0. The maximum absolute atomic E-state index is 2.50. The van der Waals surface area contributed by atoms with Gasteiger partial charge in [0, 0.05) is 35.4 Å². The molecule has 5 aromatic carbocycles. The van der Waals surface area contributed by atoms with Gasteiger partial charge in [0.2, 0.25) is 0 Å². The molecule has 8 rings (SSSR count). The van der Waals surface area contributed by atoms with Crippen LogP contribution in [0.15, 0.2) is 107 Å². The highest BCUT2D eigenvalue weighted by Crippen LogP contribution is 2.53. The molecule has 0 radical (unpaired) electrons. The third-order valence-corrected chi connectivity index (χ3v) is 10.4. The van der Waals surface area contributed by atoms with E-state index in [0.29, 0.717) is 0 Å². The number of aryl methyl sites for hydroxylation is 2. The van der Waals surface area contributed by atoms with Gasteiger partial charge in [0.1, 0.15) is 0 Å². The van der Waals surface area contributed by atoms with Crippen LogP contribution in [-0.4, -0.2) is 0 Å². The zero-order chi connectivity index (χ0) is 25.4. The number of hydrogen-bond acceptors (Lipinski definition) is 2. The van der Waals surface area contributed by atoms with Crippen molar-refractivity contribution in [3.05, 3.63) is 124 Å². The normalized spacial score (nSPS) is 14.8. The minimum Gasteiger partial charge on any atom is -0.135 e. The fourth-order valence-corrected chi connectivity index (χ4v) is 8.58. The van der Waals surface area contributed by atoms with E-state index in [0.717, 1.165) is 12.8 Å². The summed E-state index contributed by atoms with van der Waals surface area (Å²) in [6.07, 6.45) is 4.65. The molecular weight excluding hydrogens is 497 g/mol. The number of benzene rings is 5. The summed E-state index contributed by atoms with van der Waals surface area (Å²) in [4.78, 5) is 2.81. The van der Waals surface area contributed by atoms with Gasteiger partial charge in [-0.3, -0.25) is 0 Å². The monoisotopic (exact) mass is 522 g/mol. The molecule has 0 saturated heterocycles. The molecule has 1 aliphatic carbocycles. The highest BCUT2D eigenvalue weighted by molar-refractivity contribution is 8.03. The van der Waals surface area contributed by atoms with E-state index in [1.54, 1.807) is 0 Å². The molecule has 2 aliphatic rings. The first-order chi connectivity index (χ1) is 18.6. The van der Waals surface area contributed by atoms with E-state index in [-0.39, 0.29) is 0 Å². The summed E-state index contributed by atoms with van der Waals surface area (Å²) < 4.78 is 2.76. The lowest BCUT2D eigenvalue weighted by Gasteiger charge is -2.27. The predicted molar refractivity (Wildman–Crippen MR) is 168 cm³/mol. The van der Waals surface area contributed by atoms with Gasteiger partial charge in [-0.05, 0) is 89.8 Å². The second kappa shape index (κ2) is 8.46. The summed E-state index contributed by atoms with van der Waals surface area (Å²) in [6, 6.07) is 34.3. The maximum atomic E-state index is 2.50. The Balaban J connectivity index is 1.32. The van der Waals surface area contributed by atoms with E-state index in [9.17, 15) is 0 Å². The first-order valence-corrected chi connectivity index (χ1v) is 14.9. The molecule has 0 fully saturated rings. The second-order valence-electron chi connectivity index (χ2n) is 10.6. The summed E-state index contributed by atoms with van der Waals surface area (Å²) in [6.45, 7) is 4.30. The molecule has 0 atom stereocenters. The van der Waals surface area contributed by atoms with Gasteiger partial charge in [0.05, 0.1) is 0 Å². The van der Waals surface area contributed by atoms with Crippen molar-refractivity contribution in [3.63, 3.8) is 0 Å². The Kier molecular flexibility index (Phi) is 4.99. The SMILES string of the molecule is Cc1ccc(C2=CC3=C(CC2)c2cc4sc5cc(-c6ccc(C)cc6)ccc5c4c4cccc(c24)S3)cc1. The van der Waals surface area contributed by atoms with Crippen LogP contribution in [0.25, 0.3) is 53.2 Å². The molecule has 182 valence electrons. The highest BCUT2D eigenvalue weighted by Gasteiger charge is 2.26. The van der Waals surface area contributed by atoms with Crippen LogP contribution >= 0.6 is 23.1 Å². The number of allylic oxidation sites excluding steroid dienone is 3. The number of thioether (sulfide) groups is 1. The number of fused-ring (bicyclic) bond motifs is 5. The zero-order valence-corrected chi connectivity index (χ0v) is 23.1. The van der Waals surface area contributed by atoms with Crippen molar-refractivity contribution in [2.45, 2.75) is 31.6 Å². The van der Waals surface area contributed by atoms with Gasteiger partial charge in [-0.15, -0.1) is 11.3 Å². The van der Waals surface area contributed by atoms with Gasteiger partial charge in [-0.1, -0.05) is 95.7 Å². The molecule has 0 nitrogen and oxygen atoms in total. The third kappa shape index (κ3) is 3.44. The Bertz CT molecular complexity index is 1980. The first-order valence-electron chi connectivity index (χ1n) is 13.3. The van der Waals surface area contributed by atoms with Gasteiger partial charge < -0.3 is 0 Å². The third-order valence-electron chi connectivity index (χ3n) is 8.16. The van der Waals surface area contributed by atoms with E-state index in [2.05, 4.69) is 111 Å². The van der Waals surface area contributed by atoms with Gasteiger partial charge >= 0.3 is 0 Å². The van der Waals surface area contributed by atoms with Crippen molar-refractivity contribution < 1.29 is 0 Å². The van der Waals surface area contributed by atoms with Crippen LogP contribution in [0.5, 0.6) is 0 Å². The van der Waals surface area contributed by atoms with Gasteiger partial charge in [-0.25, -0.2) is 0 Å². The first kappa shape index (κ1) is 22.4. The van der Waals surface area contributed by atoms with Crippen molar-refractivity contribution in [2.75, 3.05) is 0 Å². The van der Waals surface area contributed by atoms with E-state index >= 15 is 0 Å². The van der Waals surface area contributed by atoms with Crippen molar-refractivity contribution in [1.82, 2.24) is 0 Å². The van der Waals surface area contributed by atoms with Crippen LogP contribution in [0.2, 0.25) is 0 Å². The molecule has 0 unspecified atom stereocenters. The van der Waals surface area contributed by atoms with Gasteiger partial charge in [0.15, 0.2) is 0 Å². The minimum atomic E-state index is 1.09. The number of rotatable bonds is 2. The molecule has 1 aliphatic heterocycles. The average Bonchev–Trinajstić information content (AvgIpc) is 3.31. The van der Waals surface area contributed by atoms with Crippen LogP contribution in [0.3, 0.4) is 0 Å². The molecule has 0 amide bonds. The Hall–Kier alpha value is -3.59. The second-order valence-corrected chi connectivity index (χ2v) is 12.8. The van der Waals surface area contributed by atoms with Crippen LogP contribution in [0.1, 0.15) is 35.1 Å². The quantitative estimate of drug-likeness (QED) is 0.218. The van der Waals surface area contributed by atoms with Crippen molar-refractivity contribution in [3.8, 4) is 11.1 Å². The molecule has 6 aromatic rings. The van der Waals surface area contributed by atoms with Crippen LogP contribution in [0, 0.1) is 13.8 Å². The number of thiophene rings is 1. The fraction of sp³-hybridized carbons (Fsp3) is 0.111. The molecule has 0 spiro atoms. The average molecular weight is 523 g/mol. The minimum absolute atomic E-state index is 1.09. The Morgan fingerprint density at radius 2 is 1.34 bits per heavy atom. The van der Waals surface area contributed by atoms with Gasteiger partial charge in [0.25, 0.3) is 0 Å². The predicted octanol–water partition coefficient (Wildman–Crippen LogP) is 11.2. The largest absolute Gasteiger partial charge is 0.135 e. The molecule has 2 heterocycles. The summed E-state index contributed by atoms with van der Waals surface area (Å²) in [5.74, 6) is 0. The lowest BCUT2D eigenvalue weighted by Crippen LogP contribution is -2.02. The lowest BCUT2D eigenvalue weighted by molar-refractivity contribution is 1.07. The van der Waals surface area contributed by atoms with Crippen molar-refractivity contribution in [1.29, 1.82) is 0 Å². The smallest absolute Gasteiger partial charge is 0.0367 e. The Morgan fingerprint density at radius 3 is 2.13 bits per heavy atom. The topological polar surface area (TPSA) is 0 Å². The van der Waals surface area contributed by atoms with E-state index in [1.807, 2.05) is 23.1 Å². The molecule has 0 N–H and O–H groups in total. The van der Waals surface area contributed by atoms with Crippen LogP contribution in [0.4, 0.5) is 0 Å². The van der Waals surface area contributed by atoms with E-state index in [1.165, 1.54) is 85.3 Å². The Labute approximate surface area is 231 Å². The summed E-state index contributed by atoms with van der Waals surface area (Å²) in [7, 11) is 0. The molecule has 1 aromatic heterocycles. The molecule has 0 saturated carbocycles. The molecule has 2 heteroatoms. The summed E-state index contributed by atoms with van der Waals surface area (Å²) >= 11 is 3.90. The van der Waals surface area contributed by atoms with Crippen molar-refractivity contribution in [2.24, 2.45) is 0 Å². The standard InChI is InChI=1S/C36H26S2/c1-21-6-10-23(11-7-21)25-14-16-27-30-20-34-35(29-4-3-5-31(36(29)30)37-32(27)18-25)28-17-15-26(19-33(28)38-34)24-12-8-22(2)9-13-24/h3-13,15,17-20H,14,16H2,1-2H3. The molecule has 38 heavy (non-hydrogen) atoms. The maximum Gasteiger partial charge on any atom is 0.0367 e. The summed E-state index contributed by atoms with van der Waals surface area (Å²) in [5, 5.41) is 5.63. The van der Waals surface area contributed by atoms with Crippen LogP contribution in [-0.2, 0) is 0 Å². The van der Waals surface area contributed by atoms with Crippen LogP contribution < -0.4 is 0 Å². The van der Waals surface area contributed by atoms with Crippen molar-refractivity contribution >= 4 is 65.2 Å². The Morgan fingerprint density at radius 1 is 0.605 bits per heavy atom. The zero-order valence-electron chi connectivity index (χ0n) is 21.5. The summed E-state index contributed by atoms with van der Waals surface area (Å²) in [5.41, 5.74) is 11.0. The molecule has 0 bridgehead atoms. The fourth-order valence-electron chi connectivity index (χ4n) is 6.14. The van der Waals surface area contributed by atoms with E-state index < -0.39 is 0 Å². The molecular formula is C36H26S2. The van der Waals surface area contributed by atoms with E-state index in [4.69, 9.17) is 0 Å². The highest BCUT2D eigenvalue weighted by atomic mass is 32.2.